The molecular formula is C35H41FN2O2. The Labute approximate surface area is 239 Å². The van der Waals surface area contributed by atoms with Crippen molar-refractivity contribution in [2.45, 2.75) is 52.2 Å². The lowest BCUT2D eigenvalue weighted by Crippen LogP contribution is -2.37. The molecule has 1 heterocycles. The molecule has 1 fully saturated rings. The van der Waals surface area contributed by atoms with Crippen LogP contribution in [-0.4, -0.2) is 55.4 Å². The van der Waals surface area contributed by atoms with Crippen molar-refractivity contribution in [3.63, 3.8) is 0 Å². The van der Waals surface area contributed by atoms with Crippen molar-refractivity contribution in [2.75, 3.05) is 33.7 Å². The summed E-state index contributed by atoms with van der Waals surface area (Å²) in [7, 11) is 4.14. The van der Waals surface area contributed by atoms with Gasteiger partial charge in [-0.15, -0.1) is 0 Å². The van der Waals surface area contributed by atoms with E-state index in [1.807, 2.05) is 36.4 Å². The zero-order chi connectivity index (χ0) is 28.5. The first-order chi connectivity index (χ1) is 19.1. The number of benzene rings is 3. The van der Waals surface area contributed by atoms with Crippen LogP contribution in [0.4, 0.5) is 4.39 Å². The van der Waals surface area contributed by atoms with E-state index in [0.29, 0.717) is 6.42 Å². The van der Waals surface area contributed by atoms with Crippen LogP contribution >= 0.6 is 0 Å². The topological polar surface area (TPSA) is 32.8 Å². The molecule has 0 aliphatic carbocycles. The molecule has 0 atom stereocenters. The van der Waals surface area contributed by atoms with Gasteiger partial charge in [-0.1, -0.05) is 50.0 Å². The smallest absolute Gasteiger partial charge is 0.163 e. The van der Waals surface area contributed by atoms with Gasteiger partial charge in [-0.3, -0.25) is 9.69 Å². The summed E-state index contributed by atoms with van der Waals surface area (Å²) in [4.78, 5) is 17.5. The van der Waals surface area contributed by atoms with Crippen LogP contribution in [-0.2, 0) is 6.54 Å². The van der Waals surface area contributed by atoms with Gasteiger partial charge >= 0.3 is 0 Å². The van der Waals surface area contributed by atoms with Gasteiger partial charge < -0.3 is 9.64 Å². The molecule has 210 valence electrons. The van der Waals surface area contributed by atoms with Crippen LogP contribution in [0.25, 0.3) is 0 Å². The van der Waals surface area contributed by atoms with Gasteiger partial charge in [-0.05, 0) is 92.9 Å². The Morgan fingerprint density at radius 3 is 2.40 bits per heavy atom. The van der Waals surface area contributed by atoms with Gasteiger partial charge in [0.25, 0.3) is 0 Å². The fourth-order valence-electron chi connectivity index (χ4n) is 5.34. The third-order valence-corrected chi connectivity index (χ3v) is 7.30. The summed E-state index contributed by atoms with van der Waals surface area (Å²) in [5.41, 5.74) is 3.81. The Balaban J connectivity index is 1.25. The normalized spacial score (nSPS) is 14.6. The molecule has 4 rings (SSSR count). The van der Waals surface area contributed by atoms with Crippen molar-refractivity contribution < 1.29 is 13.9 Å². The lowest BCUT2D eigenvalue weighted by Gasteiger charge is -2.32. The first-order valence-corrected chi connectivity index (χ1v) is 14.2. The van der Waals surface area contributed by atoms with E-state index in [-0.39, 0.29) is 23.1 Å². The molecule has 3 aromatic carbocycles. The fraction of sp³-hybridized carbons (Fsp3) is 0.400. The molecule has 5 heteroatoms. The summed E-state index contributed by atoms with van der Waals surface area (Å²) < 4.78 is 19.4. The van der Waals surface area contributed by atoms with Gasteiger partial charge in [0.2, 0.25) is 0 Å². The average molecular weight is 541 g/mol. The van der Waals surface area contributed by atoms with E-state index in [1.165, 1.54) is 17.7 Å². The average Bonchev–Trinajstić information content (AvgIpc) is 2.92. The van der Waals surface area contributed by atoms with Crippen LogP contribution < -0.4 is 4.74 Å². The molecule has 4 nitrogen and oxygen atoms in total. The number of likely N-dealkylation sites (tertiary alicyclic amines) is 1. The number of rotatable bonds is 10. The monoisotopic (exact) mass is 540 g/mol. The molecule has 1 saturated heterocycles. The molecule has 1 aliphatic rings. The standard InChI is InChI=1S/C35H41FN2O2/c1-35(2,26-37(3)4)20-17-34(39)30-9-6-10-33(24-30)40-32-18-21-38(22-19-32)25-29-8-5-7-28(23-29)12-11-27-13-15-31(36)16-14-27/h5-10,13-16,23-24,32H,17-22,25-26H2,1-4H3. The van der Waals surface area contributed by atoms with E-state index < -0.39 is 0 Å². The number of ketones is 1. The first kappa shape index (κ1) is 29.5. The maximum Gasteiger partial charge on any atom is 0.163 e. The van der Waals surface area contributed by atoms with Crippen LogP contribution in [0.1, 0.15) is 66.6 Å². The highest BCUT2D eigenvalue weighted by Gasteiger charge is 2.23. The number of nitrogens with zero attached hydrogens (tertiary/aromatic N) is 2. The van der Waals surface area contributed by atoms with Gasteiger partial charge in [-0.2, -0.15) is 0 Å². The number of hydrogen-bond donors (Lipinski definition) is 0. The van der Waals surface area contributed by atoms with Crippen LogP contribution in [0, 0.1) is 23.1 Å². The van der Waals surface area contributed by atoms with E-state index in [4.69, 9.17) is 4.74 Å². The molecule has 1 aliphatic heterocycles. The SMILES string of the molecule is CN(C)CC(C)(C)CCC(=O)c1cccc(OC2CCN(Cc3cccc(C#Cc4ccc(F)cc4)c3)CC2)c1. The molecule has 0 spiro atoms. The minimum Gasteiger partial charge on any atom is -0.490 e. The van der Waals surface area contributed by atoms with Crippen LogP contribution in [0.2, 0.25) is 0 Å². The van der Waals surface area contributed by atoms with Gasteiger partial charge in [-0.25, -0.2) is 4.39 Å². The van der Waals surface area contributed by atoms with Crippen molar-refractivity contribution in [1.29, 1.82) is 0 Å². The summed E-state index contributed by atoms with van der Waals surface area (Å²) in [6.07, 6.45) is 3.44. The fourth-order valence-corrected chi connectivity index (χ4v) is 5.34. The molecule has 0 radical (unpaired) electrons. The summed E-state index contributed by atoms with van der Waals surface area (Å²) in [6, 6.07) is 22.2. The van der Waals surface area contributed by atoms with Gasteiger partial charge in [0.15, 0.2) is 5.78 Å². The Hall–Kier alpha value is -3.46. The predicted octanol–water partition coefficient (Wildman–Crippen LogP) is 6.82. The third kappa shape index (κ3) is 9.33. The zero-order valence-corrected chi connectivity index (χ0v) is 24.3. The number of ether oxygens (including phenoxy) is 1. The van der Waals surface area contributed by atoms with Gasteiger partial charge in [0, 0.05) is 49.3 Å². The lowest BCUT2D eigenvalue weighted by molar-refractivity contribution is 0.0938. The quantitative estimate of drug-likeness (QED) is 0.209. The highest BCUT2D eigenvalue weighted by molar-refractivity contribution is 5.96. The molecular weight excluding hydrogens is 499 g/mol. The van der Waals surface area contributed by atoms with E-state index >= 15 is 0 Å². The van der Waals surface area contributed by atoms with E-state index in [9.17, 15) is 9.18 Å². The van der Waals surface area contributed by atoms with Crippen molar-refractivity contribution in [3.8, 4) is 17.6 Å². The number of hydrogen-bond acceptors (Lipinski definition) is 4. The van der Waals surface area contributed by atoms with E-state index in [0.717, 1.165) is 67.9 Å². The molecule has 0 amide bonds. The molecule has 40 heavy (non-hydrogen) atoms. The third-order valence-electron chi connectivity index (χ3n) is 7.30. The Morgan fingerprint density at radius 2 is 1.68 bits per heavy atom. The largest absolute Gasteiger partial charge is 0.490 e. The molecule has 0 saturated carbocycles. The minimum absolute atomic E-state index is 0.0972. The minimum atomic E-state index is -0.254. The number of carbonyl (C=O) groups is 1. The second-order valence-electron chi connectivity index (χ2n) is 11.9. The molecule has 3 aromatic rings. The van der Waals surface area contributed by atoms with Crippen molar-refractivity contribution in [3.05, 3.63) is 101 Å². The highest BCUT2D eigenvalue weighted by Crippen LogP contribution is 2.26. The molecule has 0 unspecified atom stereocenters. The summed E-state index contributed by atoms with van der Waals surface area (Å²) in [5.74, 6) is 7.01. The summed E-state index contributed by atoms with van der Waals surface area (Å²) in [5, 5.41) is 0. The van der Waals surface area contributed by atoms with E-state index in [2.05, 4.69) is 61.7 Å². The summed E-state index contributed by atoms with van der Waals surface area (Å²) in [6.45, 7) is 8.16. The highest BCUT2D eigenvalue weighted by atomic mass is 19.1. The number of carbonyl (C=O) groups excluding carboxylic acids is 1. The van der Waals surface area contributed by atoms with E-state index in [1.54, 1.807) is 12.1 Å². The van der Waals surface area contributed by atoms with Crippen molar-refractivity contribution in [2.24, 2.45) is 5.41 Å². The maximum atomic E-state index is 13.1. The lowest BCUT2D eigenvalue weighted by atomic mass is 9.85. The summed E-state index contributed by atoms with van der Waals surface area (Å²) >= 11 is 0. The first-order valence-electron chi connectivity index (χ1n) is 14.2. The number of piperidine rings is 1. The second-order valence-corrected chi connectivity index (χ2v) is 11.9. The van der Waals surface area contributed by atoms with Crippen LogP contribution in [0.15, 0.2) is 72.8 Å². The van der Waals surface area contributed by atoms with Gasteiger partial charge in [0.1, 0.15) is 17.7 Å². The zero-order valence-electron chi connectivity index (χ0n) is 24.3. The molecule has 0 bridgehead atoms. The van der Waals surface area contributed by atoms with Gasteiger partial charge in [0.05, 0.1) is 0 Å². The molecule has 0 aromatic heterocycles. The Kier molecular flexibility index (Phi) is 10.1. The van der Waals surface area contributed by atoms with Crippen LogP contribution in [0.5, 0.6) is 5.75 Å². The Bertz CT molecular complexity index is 1330. The predicted molar refractivity (Wildman–Crippen MR) is 160 cm³/mol. The van der Waals surface area contributed by atoms with Crippen LogP contribution in [0.3, 0.4) is 0 Å². The number of Topliss-reactive ketones (excluding diaryl/α,β-unsaturated/α-hetero) is 1. The van der Waals surface area contributed by atoms with Crippen molar-refractivity contribution in [1.82, 2.24) is 9.80 Å². The Morgan fingerprint density at radius 1 is 0.975 bits per heavy atom. The second kappa shape index (κ2) is 13.7. The molecule has 0 N–H and O–H groups in total. The maximum absolute atomic E-state index is 13.1. The van der Waals surface area contributed by atoms with Crippen molar-refractivity contribution >= 4 is 5.78 Å². The number of halogens is 1.